The van der Waals surface area contributed by atoms with E-state index < -0.39 is 0 Å². The third-order valence-corrected chi connectivity index (χ3v) is 6.75. The molecule has 2 unspecified atom stereocenters. The number of ether oxygens (including phenoxy) is 3. The Bertz CT molecular complexity index is 924. The highest BCUT2D eigenvalue weighted by Crippen LogP contribution is 2.36. The smallest absolute Gasteiger partial charge is 0.225 e. The van der Waals surface area contributed by atoms with E-state index in [1.165, 1.54) is 11.1 Å². The number of carbonyl (C=O) groups excluding carboxylic acids is 1. The Labute approximate surface area is 204 Å². The molecule has 0 bridgehead atoms. The maximum atomic E-state index is 13.0. The number of nitrogens with zero attached hydrogens (tertiary/aromatic N) is 2. The van der Waals surface area contributed by atoms with E-state index in [9.17, 15) is 4.79 Å². The van der Waals surface area contributed by atoms with Gasteiger partial charge in [0.15, 0.2) is 0 Å². The molecule has 1 fully saturated rings. The predicted molar refractivity (Wildman–Crippen MR) is 136 cm³/mol. The lowest BCUT2D eigenvalue weighted by molar-refractivity contribution is -0.135. The topological polar surface area (TPSA) is 51.2 Å². The second-order valence-electron chi connectivity index (χ2n) is 9.57. The monoisotopic (exact) mass is 468 g/mol. The summed E-state index contributed by atoms with van der Waals surface area (Å²) >= 11 is 0. The van der Waals surface area contributed by atoms with Crippen LogP contribution < -0.4 is 9.47 Å². The summed E-state index contributed by atoms with van der Waals surface area (Å²) in [6.45, 7) is 10.7. The molecule has 0 N–H and O–H groups in total. The summed E-state index contributed by atoms with van der Waals surface area (Å²) in [7, 11) is 5.05. The second kappa shape index (κ2) is 12.2. The summed E-state index contributed by atoms with van der Waals surface area (Å²) in [4.78, 5) is 17.5. The standard InChI is InChI=1S/C28H40N2O4/c1-20(2)28(31)30(11-12-32-4)18-23-17-29(19-27(23)26-10-8-7-9-21(26)3)16-22-13-24(33-5)15-25(14-22)34-6/h7-10,13-15,20,23,27H,11-12,16-19H2,1-6H3. The van der Waals surface area contributed by atoms with Crippen molar-refractivity contribution < 1.29 is 19.0 Å². The van der Waals surface area contributed by atoms with Gasteiger partial charge in [-0.15, -0.1) is 0 Å². The van der Waals surface area contributed by atoms with Crippen LogP contribution >= 0.6 is 0 Å². The first-order chi connectivity index (χ1) is 16.4. The van der Waals surface area contributed by atoms with Crippen LogP contribution in [0.2, 0.25) is 0 Å². The van der Waals surface area contributed by atoms with Gasteiger partial charge in [-0.25, -0.2) is 0 Å². The first-order valence-electron chi connectivity index (χ1n) is 12.1. The summed E-state index contributed by atoms with van der Waals surface area (Å²) in [6.07, 6.45) is 0. The SMILES string of the molecule is COCCN(CC1CN(Cc2cc(OC)cc(OC)c2)CC1c1ccccc1C)C(=O)C(C)C. The molecule has 1 saturated heterocycles. The Kier molecular flexibility index (Phi) is 9.36. The van der Waals surface area contributed by atoms with Crippen LogP contribution in [0.5, 0.6) is 11.5 Å². The van der Waals surface area contributed by atoms with Crippen LogP contribution in [0, 0.1) is 18.8 Å². The van der Waals surface area contributed by atoms with Crippen molar-refractivity contribution in [3.63, 3.8) is 0 Å². The normalized spacial score (nSPS) is 18.3. The van der Waals surface area contributed by atoms with Crippen molar-refractivity contribution >= 4 is 5.91 Å². The molecule has 2 aromatic carbocycles. The number of benzene rings is 2. The van der Waals surface area contributed by atoms with E-state index in [2.05, 4.69) is 48.2 Å². The summed E-state index contributed by atoms with van der Waals surface area (Å²) in [5.41, 5.74) is 3.85. The highest BCUT2D eigenvalue weighted by molar-refractivity contribution is 5.78. The molecule has 6 nitrogen and oxygen atoms in total. The molecule has 0 spiro atoms. The molecular weight excluding hydrogens is 428 g/mol. The van der Waals surface area contributed by atoms with Crippen molar-refractivity contribution in [1.82, 2.24) is 9.80 Å². The predicted octanol–water partition coefficient (Wildman–Crippen LogP) is 4.36. The van der Waals surface area contributed by atoms with E-state index >= 15 is 0 Å². The van der Waals surface area contributed by atoms with Crippen LogP contribution in [0.25, 0.3) is 0 Å². The number of aryl methyl sites for hydroxylation is 1. The van der Waals surface area contributed by atoms with Crippen molar-refractivity contribution in [1.29, 1.82) is 0 Å². The van der Waals surface area contributed by atoms with Gasteiger partial charge in [0.2, 0.25) is 5.91 Å². The number of rotatable bonds is 11. The zero-order chi connectivity index (χ0) is 24.7. The van der Waals surface area contributed by atoms with Gasteiger partial charge in [-0.1, -0.05) is 38.1 Å². The van der Waals surface area contributed by atoms with Crippen molar-refractivity contribution in [2.45, 2.75) is 33.2 Å². The van der Waals surface area contributed by atoms with Gasteiger partial charge in [0.05, 0.1) is 20.8 Å². The number of likely N-dealkylation sites (tertiary alicyclic amines) is 1. The highest BCUT2D eigenvalue weighted by atomic mass is 16.5. The van der Waals surface area contributed by atoms with Crippen LogP contribution in [0.3, 0.4) is 0 Å². The molecule has 34 heavy (non-hydrogen) atoms. The third-order valence-electron chi connectivity index (χ3n) is 6.75. The summed E-state index contributed by atoms with van der Waals surface area (Å²) < 4.78 is 16.3. The fourth-order valence-electron chi connectivity index (χ4n) is 4.99. The van der Waals surface area contributed by atoms with E-state index in [1.54, 1.807) is 21.3 Å². The van der Waals surface area contributed by atoms with Crippen LogP contribution in [-0.2, 0) is 16.1 Å². The van der Waals surface area contributed by atoms with Gasteiger partial charge in [0.25, 0.3) is 0 Å². The summed E-state index contributed by atoms with van der Waals surface area (Å²) in [5, 5.41) is 0. The Hall–Kier alpha value is -2.57. The molecule has 0 radical (unpaired) electrons. The lowest BCUT2D eigenvalue weighted by Crippen LogP contribution is -2.41. The maximum absolute atomic E-state index is 13.0. The van der Waals surface area contributed by atoms with Gasteiger partial charge in [-0.2, -0.15) is 0 Å². The number of hydrogen-bond acceptors (Lipinski definition) is 5. The first-order valence-corrected chi connectivity index (χ1v) is 12.1. The van der Waals surface area contributed by atoms with Gasteiger partial charge in [0.1, 0.15) is 11.5 Å². The third kappa shape index (κ3) is 6.51. The fourth-order valence-corrected chi connectivity index (χ4v) is 4.99. The molecule has 3 rings (SSSR count). The zero-order valence-electron chi connectivity index (χ0n) is 21.5. The average molecular weight is 469 g/mol. The van der Waals surface area contributed by atoms with E-state index in [-0.39, 0.29) is 11.8 Å². The lowest BCUT2D eigenvalue weighted by Gasteiger charge is -2.30. The van der Waals surface area contributed by atoms with Crippen molar-refractivity contribution in [2.24, 2.45) is 11.8 Å². The molecular formula is C28H40N2O4. The van der Waals surface area contributed by atoms with Crippen LogP contribution in [0.4, 0.5) is 0 Å². The fraction of sp³-hybridized carbons (Fsp3) is 0.536. The lowest BCUT2D eigenvalue weighted by atomic mass is 9.86. The second-order valence-corrected chi connectivity index (χ2v) is 9.57. The van der Waals surface area contributed by atoms with E-state index in [1.807, 2.05) is 24.8 Å². The first kappa shape index (κ1) is 26.0. The number of amides is 1. The molecule has 0 aromatic heterocycles. The molecule has 0 aliphatic carbocycles. The molecule has 186 valence electrons. The van der Waals surface area contributed by atoms with Crippen LogP contribution in [0.15, 0.2) is 42.5 Å². The van der Waals surface area contributed by atoms with E-state index in [4.69, 9.17) is 14.2 Å². The van der Waals surface area contributed by atoms with Crippen molar-refractivity contribution in [3.05, 3.63) is 59.2 Å². The molecule has 1 amide bonds. The molecule has 2 aromatic rings. The summed E-state index contributed by atoms with van der Waals surface area (Å²) in [5.74, 6) is 2.46. The minimum atomic E-state index is -0.0319. The molecule has 6 heteroatoms. The van der Waals surface area contributed by atoms with Crippen molar-refractivity contribution in [3.8, 4) is 11.5 Å². The Balaban J connectivity index is 1.85. The summed E-state index contributed by atoms with van der Waals surface area (Å²) in [6, 6.07) is 14.7. The molecule has 1 aliphatic heterocycles. The maximum Gasteiger partial charge on any atom is 0.225 e. The number of hydrogen-bond donors (Lipinski definition) is 0. The molecule has 1 aliphatic rings. The number of methoxy groups -OCH3 is 3. The Morgan fingerprint density at radius 2 is 1.74 bits per heavy atom. The largest absolute Gasteiger partial charge is 0.497 e. The molecule has 2 atom stereocenters. The van der Waals surface area contributed by atoms with Gasteiger partial charge in [-0.3, -0.25) is 9.69 Å². The minimum Gasteiger partial charge on any atom is -0.497 e. The molecule has 0 saturated carbocycles. The highest BCUT2D eigenvalue weighted by Gasteiger charge is 2.36. The Morgan fingerprint density at radius 1 is 1.06 bits per heavy atom. The minimum absolute atomic E-state index is 0.0319. The van der Waals surface area contributed by atoms with Gasteiger partial charge < -0.3 is 19.1 Å². The van der Waals surface area contributed by atoms with Crippen LogP contribution in [-0.4, -0.2) is 69.8 Å². The number of carbonyl (C=O) groups is 1. The van der Waals surface area contributed by atoms with Gasteiger partial charge in [-0.05, 0) is 41.7 Å². The van der Waals surface area contributed by atoms with E-state index in [0.717, 1.165) is 43.2 Å². The quantitative estimate of drug-likeness (QED) is 0.491. The van der Waals surface area contributed by atoms with Gasteiger partial charge in [0, 0.05) is 57.7 Å². The van der Waals surface area contributed by atoms with E-state index in [0.29, 0.717) is 25.0 Å². The van der Waals surface area contributed by atoms with Crippen molar-refractivity contribution in [2.75, 3.05) is 54.1 Å². The van der Waals surface area contributed by atoms with Gasteiger partial charge >= 0.3 is 0 Å². The van der Waals surface area contributed by atoms with Crippen LogP contribution in [0.1, 0.15) is 36.5 Å². The average Bonchev–Trinajstić information content (AvgIpc) is 3.22. The zero-order valence-corrected chi connectivity index (χ0v) is 21.5. The Morgan fingerprint density at radius 3 is 2.32 bits per heavy atom. The molecule has 1 heterocycles.